The van der Waals surface area contributed by atoms with Gasteiger partial charge in [-0.05, 0) is 30.8 Å². The van der Waals surface area contributed by atoms with Crippen LogP contribution in [0.3, 0.4) is 0 Å². The van der Waals surface area contributed by atoms with Crippen molar-refractivity contribution < 1.29 is 4.79 Å². The zero-order valence-corrected chi connectivity index (χ0v) is 7.88. The van der Waals surface area contributed by atoms with E-state index in [-0.39, 0.29) is 5.78 Å². The molecule has 0 bridgehead atoms. The van der Waals surface area contributed by atoms with Crippen LogP contribution in [0.1, 0.15) is 39.0 Å². The highest BCUT2D eigenvalue weighted by atomic mass is 16.1. The molecule has 0 radical (unpaired) electrons. The summed E-state index contributed by atoms with van der Waals surface area (Å²) in [5.74, 6) is 1.68. The summed E-state index contributed by atoms with van der Waals surface area (Å²) in [6, 6.07) is 0. The van der Waals surface area contributed by atoms with Gasteiger partial charge in [-0.3, -0.25) is 4.79 Å². The van der Waals surface area contributed by atoms with Crippen molar-refractivity contribution in [2.75, 3.05) is 0 Å². The van der Waals surface area contributed by atoms with E-state index in [0.29, 0.717) is 5.92 Å². The standard InChI is InChI=1S/C11H18O/c1-3-11(12)8-10-6-4-5-9(2)7-10/h3,9-10H,1,4-8H2,2H3. The average Bonchev–Trinajstić information content (AvgIpc) is 2.04. The molecule has 2 atom stereocenters. The van der Waals surface area contributed by atoms with E-state index < -0.39 is 0 Å². The lowest BCUT2D eigenvalue weighted by molar-refractivity contribution is -0.115. The topological polar surface area (TPSA) is 17.1 Å². The van der Waals surface area contributed by atoms with E-state index in [1.807, 2.05) is 0 Å². The van der Waals surface area contributed by atoms with Crippen molar-refractivity contribution in [2.45, 2.75) is 39.0 Å². The summed E-state index contributed by atoms with van der Waals surface area (Å²) >= 11 is 0. The minimum absolute atomic E-state index is 0.217. The highest BCUT2D eigenvalue weighted by molar-refractivity contribution is 5.89. The highest BCUT2D eigenvalue weighted by Gasteiger charge is 2.19. The van der Waals surface area contributed by atoms with Crippen LogP contribution >= 0.6 is 0 Å². The predicted octanol–water partition coefficient (Wildman–Crippen LogP) is 2.96. The lowest BCUT2D eigenvalue weighted by atomic mass is 9.80. The van der Waals surface area contributed by atoms with Crippen molar-refractivity contribution in [2.24, 2.45) is 11.8 Å². The average molecular weight is 166 g/mol. The maximum atomic E-state index is 11.1. The maximum absolute atomic E-state index is 11.1. The SMILES string of the molecule is C=CC(=O)CC1CCCC(C)C1. The van der Waals surface area contributed by atoms with Crippen molar-refractivity contribution in [1.82, 2.24) is 0 Å². The maximum Gasteiger partial charge on any atom is 0.155 e. The van der Waals surface area contributed by atoms with Gasteiger partial charge in [0.25, 0.3) is 0 Å². The van der Waals surface area contributed by atoms with Gasteiger partial charge in [-0.1, -0.05) is 26.3 Å². The number of ketones is 1. The van der Waals surface area contributed by atoms with E-state index in [2.05, 4.69) is 13.5 Å². The van der Waals surface area contributed by atoms with E-state index >= 15 is 0 Å². The summed E-state index contributed by atoms with van der Waals surface area (Å²) in [6.07, 6.45) is 7.31. The van der Waals surface area contributed by atoms with Gasteiger partial charge >= 0.3 is 0 Å². The Morgan fingerprint density at radius 1 is 1.58 bits per heavy atom. The zero-order valence-electron chi connectivity index (χ0n) is 7.88. The molecule has 1 aliphatic rings. The molecule has 12 heavy (non-hydrogen) atoms. The van der Waals surface area contributed by atoms with Gasteiger partial charge in [-0.15, -0.1) is 0 Å². The van der Waals surface area contributed by atoms with E-state index in [0.717, 1.165) is 12.3 Å². The monoisotopic (exact) mass is 166 g/mol. The van der Waals surface area contributed by atoms with Crippen LogP contribution in [0.4, 0.5) is 0 Å². The quantitative estimate of drug-likeness (QED) is 0.589. The molecule has 0 spiro atoms. The van der Waals surface area contributed by atoms with E-state index in [4.69, 9.17) is 0 Å². The molecule has 0 aromatic carbocycles. The molecule has 0 N–H and O–H groups in total. The van der Waals surface area contributed by atoms with Gasteiger partial charge in [-0.25, -0.2) is 0 Å². The number of carbonyl (C=O) groups excluding carboxylic acids is 1. The first-order valence-electron chi connectivity index (χ1n) is 4.87. The fourth-order valence-electron chi connectivity index (χ4n) is 2.11. The van der Waals surface area contributed by atoms with Crippen LogP contribution < -0.4 is 0 Å². The molecule has 0 aliphatic heterocycles. The first-order valence-corrected chi connectivity index (χ1v) is 4.87. The highest BCUT2D eigenvalue weighted by Crippen LogP contribution is 2.30. The number of hydrogen-bond donors (Lipinski definition) is 0. The molecule has 1 rings (SSSR count). The summed E-state index contributed by atoms with van der Waals surface area (Å²) in [5, 5.41) is 0. The molecule has 0 amide bonds. The Morgan fingerprint density at radius 3 is 2.92 bits per heavy atom. The second-order valence-corrected chi connectivity index (χ2v) is 4.01. The van der Waals surface area contributed by atoms with Crippen LogP contribution in [0.2, 0.25) is 0 Å². The van der Waals surface area contributed by atoms with Crippen molar-refractivity contribution in [3.05, 3.63) is 12.7 Å². The molecule has 1 heteroatoms. The Hall–Kier alpha value is -0.590. The summed E-state index contributed by atoms with van der Waals surface area (Å²) in [7, 11) is 0. The third-order valence-corrected chi connectivity index (χ3v) is 2.76. The van der Waals surface area contributed by atoms with Crippen LogP contribution in [0.5, 0.6) is 0 Å². The van der Waals surface area contributed by atoms with Gasteiger partial charge in [0, 0.05) is 6.42 Å². The largest absolute Gasteiger partial charge is 0.295 e. The van der Waals surface area contributed by atoms with Crippen LogP contribution in [0.25, 0.3) is 0 Å². The molecule has 0 heterocycles. The van der Waals surface area contributed by atoms with Gasteiger partial charge in [0.15, 0.2) is 5.78 Å². The van der Waals surface area contributed by atoms with Crippen LogP contribution in [0.15, 0.2) is 12.7 Å². The summed E-state index contributed by atoms with van der Waals surface area (Å²) in [5.41, 5.74) is 0. The van der Waals surface area contributed by atoms with Gasteiger partial charge in [-0.2, -0.15) is 0 Å². The minimum Gasteiger partial charge on any atom is -0.295 e. The van der Waals surface area contributed by atoms with E-state index in [9.17, 15) is 4.79 Å². The third kappa shape index (κ3) is 2.80. The lowest BCUT2D eigenvalue weighted by Gasteiger charge is -2.25. The summed E-state index contributed by atoms with van der Waals surface area (Å²) in [4.78, 5) is 11.1. The van der Waals surface area contributed by atoms with Crippen molar-refractivity contribution >= 4 is 5.78 Å². The molecule has 1 saturated carbocycles. The molecule has 68 valence electrons. The zero-order chi connectivity index (χ0) is 8.97. The van der Waals surface area contributed by atoms with Gasteiger partial charge in [0.1, 0.15) is 0 Å². The number of hydrogen-bond acceptors (Lipinski definition) is 1. The molecular formula is C11H18O. The van der Waals surface area contributed by atoms with Gasteiger partial charge in [0.05, 0.1) is 0 Å². The molecule has 0 saturated heterocycles. The van der Waals surface area contributed by atoms with Crippen LogP contribution in [-0.2, 0) is 4.79 Å². The second kappa shape index (κ2) is 4.44. The third-order valence-electron chi connectivity index (χ3n) is 2.76. The molecule has 1 fully saturated rings. The number of allylic oxidation sites excluding steroid dienone is 1. The Kier molecular flexibility index (Phi) is 3.51. The van der Waals surface area contributed by atoms with Crippen molar-refractivity contribution in [1.29, 1.82) is 0 Å². The summed E-state index contributed by atoms with van der Waals surface area (Å²) < 4.78 is 0. The van der Waals surface area contributed by atoms with Gasteiger partial charge < -0.3 is 0 Å². The number of rotatable bonds is 3. The van der Waals surface area contributed by atoms with E-state index in [1.54, 1.807) is 0 Å². The molecule has 1 aliphatic carbocycles. The predicted molar refractivity (Wildman–Crippen MR) is 50.9 cm³/mol. The van der Waals surface area contributed by atoms with E-state index in [1.165, 1.54) is 31.8 Å². The fraction of sp³-hybridized carbons (Fsp3) is 0.727. The van der Waals surface area contributed by atoms with Gasteiger partial charge in [0.2, 0.25) is 0 Å². The fourth-order valence-corrected chi connectivity index (χ4v) is 2.11. The Balaban J connectivity index is 2.31. The second-order valence-electron chi connectivity index (χ2n) is 4.01. The van der Waals surface area contributed by atoms with Crippen LogP contribution in [-0.4, -0.2) is 5.78 Å². The minimum atomic E-state index is 0.217. The Bertz CT molecular complexity index is 172. The lowest BCUT2D eigenvalue weighted by Crippen LogP contribution is -2.15. The van der Waals surface area contributed by atoms with Crippen molar-refractivity contribution in [3.63, 3.8) is 0 Å². The molecular weight excluding hydrogens is 148 g/mol. The smallest absolute Gasteiger partial charge is 0.155 e. The first kappa shape index (κ1) is 9.50. The summed E-state index contributed by atoms with van der Waals surface area (Å²) in [6.45, 7) is 5.78. The normalized spacial score (nSPS) is 29.8. The molecule has 1 nitrogen and oxygen atoms in total. The first-order chi connectivity index (χ1) is 5.72. The number of carbonyl (C=O) groups is 1. The van der Waals surface area contributed by atoms with Crippen molar-refractivity contribution in [3.8, 4) is 0 Å². The Labute approximate surface area is 74.9 Å². The molecule has 0 aromatic rings. The molecule has 2 unspecified atom stereocenters. The molecule has 0 aromatic heterocycles. The Morgan fingerprint density at radius 2 is 2.33 bits per heavy atom. The van der Waals surface area contributed by atoms with Crippen LogP contribution in [0, 0.1) is 11.8 Å².